The van der Waals surface area contributed by atoms with Gasteiger partial charge < -0.3 is 10.1 Å². The smallest absolute Gasteiger partial charge is 0.338 e. The Morgan fingerprint density at radius 2 is 1.60 bits per heavy atom. The second kappa shape index (κ2) is 8.69. The Balaban J connectivity index is 1.54. The van der Waals surface area contributed by atoms with E-state index in [1.54, 1.807) is 59.5 Å². The third-order valence-corrected chi connectivity index (χ3v) is 4.27. The SMILES string of the molecule is CC(C)(C)C(=O)Nc1ccc(C(=O)COC(=O)c2ccc(-n3cncn3)cc2)cc1. The van der Waals surface area contributed by atoms with Crippen molar-refractivity contribution in [1.29, 1.82) is 0 Å². The maximum atomic E-state index is 12.3. The van der Waals surface area contributed by atoms with Crippen molar-refractivity contribution in [3.05, 3.63) is 72.3 Å². The molecule has 0 fully saturated rings. The van der Waals surface area contributed by atoms with Gasteiger partial charge in [0.2, 0.25) is 5.91 Å². The van der Waals surface area contributed by atoms with Crippen molar-refractivity contribution in [2.75, 3.05) is 11.9 Å². The van der Waals surface area contributed by atoms with Crippen molar-refractivity contribution in [1.82, 2.24) is 14.8 Å². The maximum absolute atomic E-state index is 12.3. The molecule has 2 aromatic carbocycles. The molecule has 0 atom stereocenters. The molecule has 0 aliphatic heterocycles. The summed E-state index contributed by atoms with van der Waals surface area (Å²) in [5, 5.41) is 6.80. The lowest BCUT2D eigenvalue weighted by Crippen LogP contribution is -2.27. The largest absolute Gasteiger partial charge is 0.454 e. The number of carbonyl (C=O) groups is 3. The van der Waals surface area contributed by atoms with Gasteiger partial charge in [0.25, 0.3) is 0 Å². The standard InChI is InChI=1S/C22H22N4O4/c1-22(2,3)21(29)25-17-8-4-15(5-9-17)19(27)12-30-20(28)16-6-10-18(11-7-16)26-14-23-13-24-26/h4-11,13-14H,12H2,1-3H3,(H,25,29). The average Bonchev–Trinajstić information content (AvgIpc) is 3.26. The van der Waals surface area contributed by atoms with Gasteiger partial charge in [-0.2, -0.15) is 5.10 Å². The Morgan fingerprint density at radius 1 is 0.967 bits per heavy atom. The summed E-state index contributed by atoms with van der Waals surface area (Å²) in [6.45, 7) is 5.07. The van der Waals surface area contributed by atoms with Crippen molar-refractivity contribution in [3.8, 4) is 5.69 Å². The summed E-state index contributed by atoms with van der Waals surface area (Å²) in [5.41, 5.74) is 1.54. The minimum Gasteiger partial charge on any atom is -0.454 e. The lowest BCUT2D eigenvalue weighted by atomic mass is 9.95. The summed E-state index contributed by atoms with van der Waals surface area (Å²) >= 11 is 0. The van der Waals surface area contributed by atoms with Crippen LogP contribution in [0.1, 0.15) is 41.5 Å². The van der Waals surface area contributed by atoms with Crippen LogP contribution < -0.4 is 5.32 Å². The minimum atomic E-state index is -0.595. The number of anilines is 1. The van der Waals surface area contributed by atoms with Crippen LogP contribution in [0.15, 0.2) is 61.2 Å². The Hall–Kier alpha value is -3.81. The molecule has 1 amide bonds. The molecular weight excluding hydrogens is 384 g/mol. The molecule has 154 valence electrons. The van der Waals surface area contributed by atoms with Crippen LogP contribution in [0.4, 0.5) is 5.69 Å². The van der Waals surface area contributed by atoms with Crippen LogP contribution in [0.25, 0.3) is 5.69 Å². The highest BCUT2D eigenvalue weighted by atomic mass is 16.5. The maximum Gasteiger partial charge on any atom is 0.338 e. The molecule has 1 heterocycles. The summed E-state index contributed by atoms with van der Waals surface area (Å²) in [4.78, 5) is 40.4. The zero-order valence-corrected chi connectivity index (χ0v) is 17.0. The van der Waals surface area contributed by atoms with E-state index in [4.69, 9.17) is 4.74 Å². The van der Waals surface area contributed by atoms with Crippen LogP contribution in [0.2, 0.25) is 0 Å². The Bertz CT molecular complexity index is 1030. The van der Waals surface area contributed by atoms with Gasteiger partial charge in [0, 0.05) is 16.7 Å². The topological polar surface area (TPSA) is 103 Å². The summed E-state index contributed by atoms with van der Waals surface area (Å²) < 4.78 is 6.68. The van der Waals surface area contributed by atoms with Crippen LogP contribution in [0.5, 0.6) is 0 Å². The molecule has 0 unspecified atom stereocenters. The van der Waals surface area contributed by atoms with E-state index in [1.165, 1.54) is 6.33 Å². The third kappa shape index (κ3) is 5.16. The fourth-order valence-electron chi connectivity index (χ4n) is 2.45. The molecule has 0 saturated heterocycles. The molecule has 0 radical (unpaired) electrons. The number of hydrogen-bond acceptors (Lipinski definition) is 6. The molecule has 0 aliphatic rings. The van der Waals surface area contributed by atoms with Gasteiger partial charge in [-0.15, -0.1) is 0 Å². The van der Waals surface area contributed by atoms with Gasteiger partial charge in [-0.3, -0.25) is 9.59 Å². The number of amides is 1. The highest BCUT2D eigenvalue weighted by Crippen LogP contribution is 2.18. The normalized spacial score (nSPS) is 11.0. The second-order valence-corrected chi connectivity index (χ2v) is 7.67. The van der Waals surface area contributed by atoms with Crippen molar-refractivity contribution < 1.29 is 19.1 Å². The molecule has 3 aromatic rings. The number of Topliss-reactive ketones (excluding diaryl/α,β-unsaturated/α-hetero) is 1. The Morgan fingerprint density at radius 3 is 2.17 bits per heavy atom. The predicted octanol–water partition coefficient (Wildman–Crippen LogP) is 3.29. The summed E-state index contributed by atoms with van der Waals surface area (Å²) in [7, 11) is 0. The predicted molar refractivity (Wildman–Crippen MR) is 110 cm³/mol. The fourth-order valence-corrected chi connectivity index (χ4v) is 2.45. The van der Waals surface area contributed by atoms with Crippen LogP contribution in [0, 0.1) is 5.41 Å². The number of esters is 1. The number of nitrogens with zero attached hydrogens (tertiary/aromatic N) is 3. The number of hydrogen-bond donors (Lipinski definition) is 1. The molecule has 1 N–H and O–H groups in total. The second-order valence-electron chi connectivity index (χ2n) is 7.67. The van der Waals surface area contributed by atoms with Gasteiger partial charge in [0.15, 0.2) is 12.4 Å². The van der Waals surface area contributed by atoms with E-state index in [0.29, 0.717) is 16.8 Å². The van der Waals surface area contributed by atoms with Crippen molar-refractivity contribution in [2.45, 2.75) is 20.8 Å². The lowest BCUT2D eigenvalue weighted by Gasteiger charge is -2.17. The molecule has 8 nitrogen and oxygen atoms in total. The molecule has 8 heteroatoms. The molecule has 3 rings (SSSR count). The highest BCUT2D eigenvalue weighted by molar-refractivity contribution is 6.00. The summed E-state index contributed by atoms with van der Waals surface area (Å²) in [6, 6.07) is 13.0. The van der Waals surface area contributed by atoms with Gasteiger partial charge in [0.1, 0.15) is 12.7 Å². The molecule has 1 aromatic heterocycles. The highest BCUT2D eigenvalue weighted by Gasteiger charge is 2.21. The van der Waals surface area contributed by atoms with Crippen molar-refractivity contribution in [3.63, 3.8) is 0 Å². The van der Waals surface area contributed by atoms with Gasteiger partial charge in [0.05, 0.1) is 11.3 Å². The number of rotatable bonds is 6. The number of carbonyl (C=O) groups excluding carboxylic acids is 3. The fraction of sp³-hybridized carbons (Fsp3) is 0.227. The third-order valence-electron chi connectivity index (χ3n) is 4.27. The monoisotopic (exact) mass is 406 g/mol. The van der Waals surface area contributed by atoms with Crippen LogP contribution in [-0.2, 0) is 9.53 Å². The molecule has 0 spiro atoms. The molecule has 0 aliphatic carbocycles. The van der Waals surface area contributed by atoms with Crippen molar-refractivity contribution >= 4 is 23.3 Å². The molecule has 0 saturated carbocycles. The van der Waals surface area contributed by atoms with Gasteiger partial charge in [-0.25, -0.2) is 14.5 Å². The zero-order chi connectivity index (χ0) is 21.7. The first-order valence-electron chi connectivity index (χ1n) is 9.31. The minimum absolute atomic E-state index is 0.120. The molecular formula is C22H22N4O4. The molecule has 30 heavy (non-hydrogen) atoms. The number of ketones is 1. The van der Waals surface area contributed by atoms with E-state index in [2.05, 4.69) is 15.4 Å². The average molecular weight is 406 g/mol. The van der Waals surface area contributed by atoms with E-state index in [0.717, 1.165) is 5.69 Å². The molecule has 0 bridgehead atoms. The first kappa shape index (κ1) is 20.9. The number of nitrogens with one attached hydrogen (secondary N) is 1. The number of benzene rings is 2. The Kier molecular flexibility index (Phi) is 6.06. The van der Waals surface area contributed by atoms with E-state index in [9.17, 15) is 14.4 Å². The lowest BCUT2D eigenvalue weighted by molar-refractivity contribution is -0.123. The van der Waals surface area contributed by atoms with E-state index >= 15 is 0 Å². The summed E-state index contributed by atoms with van der Waals surface area (Å²) in [5.74, 6) is -1.05. The van der Waals surface area contributed by atoms with Gasteiger partial charge in [-0.05, 0) is 48.5 Å². The van der Waals surface area contributed by atoms with Crippen molar-refractivity contribution in [2.24, 2.45) is 5.41 Å². The van der Waals surface area contributed by atoms with Crippen LogP contribution >= 0.6 is 0 Å². The number of ether oxygens (including phenoxy) is 1. The summed E-state index contributed by atoms with van der Waals surface area (Å²) in [6.07, 6.45) is 2.96. The van der Waals surface area contributed by atoms with E-state index < -0.39 is 11.4 Å². The first-order valence-corrected chi connectivity index (χ1v) is 9.31. The quantitative estimate of drug-likeness (QED) is 0.498. The van der Waals surface area contributed by atoms with Crippen LogP contribution in [-0.4, -0.2) is 39.0 Å². The van der Waals surface area contributed by atoms with Crippen LogP contribution in [0.3, 0.4) is 0 Å². The zero-order valence-electron chi connectivity index (χ0n) is 17.0. The number of aromatic nitrogens is 3. The van der Waals surface area contributed by atoms with Gasteiger partial charge >= 0.3 is 5.97 Å². The van der Waals surface area contributed by atoms with E-state index in [1.807, 2.05) is 20.8 Å². The Labute approximate surface area is 173 Å². The van der Waals surface area contributed by atoms with E-state index in [-0.39, 0.29) is 18.3 Å². The first-order chi connectivity index (χ1) is 14.2. The van der Waals surface area contributed by atoms with Gasteiger partial charge in [-0.1, -0.05) is 20.8 Å².